The Kier molecular flexibility index (Phi) is 9.96. The molecule has 2 aromatic carbocycles. The van der Waals surface area contributed by atoms with Crippen molar-refractivity contribution in [2.75, 3.05) is 36.4 Å². The third-order valence-corrected chi connectivity index (χ3v) is 7.87. The van der Waals surface area contributed by atoms with Crippen molar-refractivity contribution in [2.45, 2.75) is 46.7 Å². The normalized spacial score (nSPS) is 13.6. The lowest BCUT2D eigenvalue weighted by atomic mass is 10.1. The van der Waals surface area contributed by atoms with E-state index >= 15 is 0 Å². The van der Waals surface area contributed by atoms with E-state index in [1.165, 1.54) is 42.2 Å². The molecule has 0 spiro atoms. The Morgan fingerprint density at radius 2 is 1.68 bits per heavy atom. The Labute approximate surface area is 224 Å². The van der Waals surface area contributed by atoms with Gasteiger partial charge < -0.3 is 19.7 Å². The minimum atomic E-state index is -3.88. The van der Waals surface area contributed by atoms with Gasteiger partial charge in [-0.1, -0.05) is 32.9 Å². The lowest BCUT2D eigenvalue weighted by Crippen LogP contribution is -2.52. The van der Waals surface area contributed by atoms with Gasteiger partial charge in [-0.15, -0.1) is 0 Å². The van der Waals surface area contributed by atoms with Crippen molar-refractivity contribution in [2.24, 2.45) is 5.92 Å². The number of nitrogens with zero attached hydrogens (tertiary/aromatic N) is 2. The van der Waals surface area contributed by atoms with Gasteiger partial charge in [-0.2, -0.15) is 0 Å². The molecule has 0 aliphatic carbocycles. The Hall–Kier alpha value is -3.34. The summed E-state index contributed by atoms with van der Waals surface area (Å²) in [5, 5.41) is 2.87. The number of amides is 2. The number of rotatable bonds is 12. The minimum Gasteiger partial charge on any atom is -0.486 e. The van der Waals surface area contributed by atoms with E-state index in [2.05, 4.69) is 5.32 Å². The number of carbonyl (C=O) groups excluding carboxylic acids is 2. The molecule has 11 heteroatoms. The monoisotopic (exact) mass is 549 g/mol. The fourth-order valence-electron chi connectivity index (χ4n) is 4.04. The molecule has 3 rings (SSSR count). The van der Waals surface area contributed by atoms with Crippen molar-refractivity contribution < 1.29 is 31.9 Å². The van der Waals surface area contributed by atoms with E-state index in [0.29, 0.717) is 43.2 Å². The van der Waals surface area contributed by atoms with Crippen molar-refractivity contribution in [3.8, 4) is 11.5 Å². The van der Waals surface area contributed by atoms with Crippen LogP contribution in [0, 0.1) is 11.7 Å². The van der Waals surface area contributed by atoms with Crippen molar-refractivity contribution >= 4 is 27.5 Å². The maximum atomic E-state index is 13.8. The van der Waals surface area contributed by atoms with Crippen LogP contribution >= 0.6 is 0 Å². The summed E-state index contributed by atoms with van der Waals surface area (Å²) in [7, 11) is -3.88. The zero-order chi connectivity index (χ0) is 27.9. The second-order valence-electron chi connectivity index (χ2n) is 9.45. The van der Waals surface area contributed by atoms with E-state index in [1.54, 1.807) is 19.1 Å². The summed E-state index contributed by atoms with van der Waals surface area (Å²) in [6, 6.07) is 9.48. The van der Waals surface area contributed by atoms with E-state index in [1.807, 2.05) is 13.8 Å². The molecule has 0 radical (unpaired) electrons. The van der Waals surface area contributed by atoms with Crippen LogP contribution in [0.4, 0.5) is 10.1 Å². The summed E-state index contributed by atoms with van der Waals surface area (Å²) >= 11 is 0. The van der Waals surface area contributed by atoms with Gasteiger partial charge in [0, 0.05) is 19.2 Å². The molecule has 0 unspecified atom stereocenters. The predicted molar refractivity (Wildman–Crippen MR) is 143 cm³/mol. The molecule has 9 nitrogen and oxygen atoms in total. The summed E-state index contributed by atoms with van der Waals surface area (Å²) in [5.74, 6) is -0.469. The van der Waals surface area contributed by atoms with Crippen LogP contribution in [0.3, 0.4) is 0 Å². The number of carbonyl (C=O) groups is 2. The molecule has 1 N–H and O–H groups in total. The lowest BCUT2D eigenvalue weighted by molar-refractivity contribution is -0.140. The average Bonchev–Trinajstić information content (AvgIpc) is 2.91. The molecule has 38 heavy (non-hydrogen) atoms. The van der Waals surface area contributed by atoms with Gasteiger partial charge in [0.05, 0.1) is 11.4 Å². The first-order valence-corrected chi connectivity index (χ1v) is 14.4. The van der Waals surface area contributed by atoms with Crippen LogP contribution in [-0.2, 0) is 26.2 Å². The molecule has 0 saturated heterocycles. The molecule has 2 amide bonds. The summed E-state index contributed by atoms with van der Waals surface area (Å²) < 4.78 is 52.0. The highest BCUT2D eigenvalue weighted by atomic mass is 32.2. The highest BCUT2D eigenvalue weighted by Gasteiger charge is 2.33. The molecule has 2 aromatic rings. The van der Waals surface area contributed by atoms with Gasteiger partial charge in [0.25, 0.3) is 0 Å². The van der Waals surface area contributed by atoms with Gasteiger partial charge in [0.1, 0.15) is 31.6 Å². The molecule has 0 saturated carbocycles. The van der Waals surface area contributed by atoms with Crippen molar-refractivity contribution in [1.29, 1.82) is 0 Å². The third-order valence-electron chi connectivity index (χ3n) is 6.13. The molecule has 1 aliphatic heterocycles. The molecule has 0 fully saturated rings. The zero-order valence-corrected chi connectivity index (χ0v) is 23.1. The Balaban J connectivity index is 1.96. The van der Waals surface area contributed by atoms with E-state index in [-0.39, 0.29) is 29.8 Å². The van der Waals surface area contributed by atoms with Crippen molar-refractivity contribution in [1.82, 2.24) is 10.2 Å². The quantitative estimate of drug-likeness (QED) is 0.436. The summed E-state index contributed by atoms with van der Waals surface area (Å²) in [5.41, 5.74) is 0.863. The predicted octanol–water partition coefficient (Wildman–Crippen LogP) is 3.33. The van der Waals surface area contributed by atoms with Crippen LogP contribution < -0.4 is 19.1 Å². The molecule has 1 atom stereocenters. The van der Waals surface area contributed by atoms with E-state index < -0.39 is 34.3 Å². The molecule has 1 aliphatic rings. The van der Waals surface area contributed by atoms with Crippen LogP contribution in [0.25, 0.3) is 0 Å². The third kappa shape index (κ3) is 7.37. The van der Waals surface area contributed by atoms with Gasteiger partial charge in [-0.3, -0.25) is 13.9 Å². The van der Waals surface area contributed by atoms with Gasteiger partial charge in [-0.25, -0.2) is 12.8 Å². The summed E-state index contributed by atoms with van der Waals surface area (Å²) in [4.78, 5) is 28.3. The van der Waals surface area contributed by atoms with E-state index in [9.17, 15) is 22.4 Å². The first-order valence-electron chi connectivity index (χ1n) is 12.8. The standard InChI is InChI=1S/C27H36FN3O6S/c1-5-23(27(33)29-16-19(3)4)30(17-20-7-9-21(28)10-8-20)26(32)18-31(38(34,35)6-2)22-11-12-24-25(15-22)37-14-13-36-24/h7-12,15,19,23H,5-6,13-14,16-18H2,1-4H3,(H,29,33)/t23-/m1/s1. The summed E-state index contributed by atoms with van der Waals surface area (Å²) in [6.45, 7) is 7.83. The number of halogens is 1. The first-order chi connectivity index (χ1) is 18.1. The van der Waals surface area contributed by atoms with Crippen LogP contribution in [0.5, 0.6) is 11.5 Å². The molecule has 0 aromatic heterocycles. The van der Waals surface area contributed by atoms with Gasteiger partial charge in [-0.05, 0) is 49.1 Å². The van der Waals surface area contributed by atoms with Gasteiger partial charge in [0.2, 0.25) is 21.8 Å². The van der Waals surface area contributed by atoms with Crippen molar-refractivity contribution in [3.63, 3.8) is 0 Å². The van der Waals surface area contributed by atoms with Crippen LogP contribution in [0.1, 0.15) is 39.7 Å². The highest BCUT2D eigenvalue weighted by molar-refractivity contribution is 7.92. The highest BCUT2D eigenvalue weighted by Crippen LogP contribution is 2.35. The number of ether oxygens (including phenoxy) is 2. The van der Waals surface area contributed by atoms with Gasteiger partial charge in [0.15, 0.2) is 11.5 Å². The average molecular weight is 550 g/mol. The van der Waals surface area contributed by atoms with Crippen LogP contribution in [0.15, 0.2) is 42.5 Å². The number of fused-ring (bicyclic) bond motifs is 1. The van der Waals surface area contributed by atoms with E-state index in [4.69, 9.17) is 9.47 Å². The zero-order valence-electron chi connectivity index (χ0n) is 22.3. The number of nitrogens with one attached hydrogen (secondary N) is 1. The molecule has 0 bridgehead atoms. The van der Waals surface area contributed by atoms with Crippen LogP contribution in [0.2, 0.25) is 0 Å². The fourth-order valence-corrected chi connectivity index (χ4v) is 5.09. The van der Waals surface area contributed by atoms with Gasteiger partial charge >= 0.3 is 0 Å². The van der Waals surface area contributed by atoms with Crippen LogP contribution in [-0.4, -0.2) is 63.2 Å². The summed E-state index contributed by atoms with van der Waals surface area (Å²) in [6.07, 6.45) is 0.307. The number of hydrogen-bond acceptors (Lipinski definition) is 6. The maximum absolute atomic E-state index is 13.8. The Bertz CT molecular complexity index is 1220. The minimum absolute atomic E-state index is 0.00781. The van der Waals surface area contributed by atoms with Crippen molar-refractivity contribution in [3.05, 3.63) is 53.8 Å². The number of benzene rings is 2. The fraction of sp³-hybridized carbons (Fsp3) is 0.481. The second-order valence-corrected chi connectivity index (χ2v) is 11.6. The first kappa shape index (κ1) is 29.2. The lowest BCUT2D eigenvalue weighted by Gasteiger charge is -2.33. The Morgan fingerprint density at radius 1 is 1.03 bits per heavy atom. The number of hydrogen-bond donors (Lipinski definition) is 1. The SMILES string of the molecule is CC[C@H](C(=O)NCC(C)C)N(Cc1ccc(F)cc1)C(=O)CN(c1ccc2c(c1)OCCO2)S(=O)(=O)CC. The smallest absolute Gasteiger partial charge is 0.244 e. The number of sulfonamides is 1. The molecular formula is C27H36FN3O6S. The molecule has 208 valence electrons. The van der Waals surface area contributed by atoms with E-state index in [0.717, 1.165) is 4.31 Å². The largest absolute Gasteiger partial charge is 0.486 e. The maximum Gasteiger partial charge on any atom is 0.244 e. The molecule has 1 heterocycles. The topological polar surface area (TPSA) is 105 Å². The second kappa shape index (κ2) is 12.9. The Morgan fingerprint density at radius 3 is 2.29 bits per heavy atom. The number of anilines is 1. The molecular weight excluding hydrogens is 513 g/mol.